The largest absolute Gasteiger partial charge is 0.477 e. The van der Waals surface area contributed by atoms with Crippen LogP contribution in [0.2, 0.25) is 0 Å². The van der Waals surface area contributed by atoms with Gasteiger partial charge in [-0.15, -0.1) is 0 Å². The van der Waals surface area contributed by atoms with Crippen molar-refractivity contribution in [2.24, 2.45) is 0 Å². The van der Waals surface area contributed by atoms with Crippen molar-refractivity contribution in [3.63, 3.8) is 0 Å². The third-order valence-corrected chi connectivity index (χ3v) is 4.07. The van der Waals surface area contributed by atoms with Gasteiger partial charge >= 0.3 is 5.97 Å². The van der Waals surface area contributed by atoms with Crippen LogP contribution in [0, 0.1) is 0 Å². The molecule has 0 atom stereocenters. The SMILES string of the molecule is COCCCOC/C(Cl)=C1/c2cc(=O)c(C(=O)O)cn2CCN1C. The van der Waals surface area contributed by atoms with Crippen LogP contribution in [-0.4, -0.2) is 61.1 Å². The van der Waals surface area contributed by atoms with Crippen molar-refractivity contribution >= 4 is 23.3 Å². The number of likely N-dealkylation sites (N-methyl/N-ethyl adjacent to an activating group) is 1. The molecule has 24 heavy (non-hydrogen) atoms. The monoisotopic (exact) mass is 356 g/mol. The van der Waals surface area contributed by atoms with E-state index in [1.807, 2.05) is 11.9 Å². The number of nitrogens with zero attached hydrogens (tertiary/aromatic N) is 2. The van der Waals surface area contributed by atoms with Gasteiger partial charge in [0.2, 0.25) is 0 Å². The Morgan fingerprint density at radius 1 is 1.38 bits per heavy atom. The summed E-state index contributed by atoms with van der Waals surface area (Å²) in [4.78, 5) is 25.1. The Labute approximate surface area is 145 Å². The van der Waals surface area contributed by atoms with Gasteiger partial charge in [-0.3, -0.25) is 4.79 Å². The maximum absolute atomic E-state index is 12.0. The van der Waals surface area contributed by atoms with E-state index >= 15 is 0 Å². The molecule has 2 rings (SSSR count). The van der Waals surface area contributed by atoms with E-state index in [0.29, 0.717) is 42.7 Å². The fourth-order valence-corrected chi connectivity index (χ4v) is 2.89. The minimum Gasteiger partial charge on any atom is -0.477 e. The number of fused-ring (bicyclic) bond motifs is 1. The van der Waals surface area contributed by atoms with Crippen molar-refractivity contribution < 1.29 is 19.4 Å². The number of carboxylic acid groups (broad SMARTS) is 1. The lowest BCUT2D eigenvalue weighted by molar-refractivity contribution is 0.0694. The van der Waals surface area contributed by atoms with Crippen LogP contribution in [0.25, 0.3) is 5.70 Å². The topological polar surface area (TPSA) is 81.0 Å². The third kappa shape index (κ3) is 4.17. The van der Waals surface area contributed by atoms with Crippen molar-refractivity contribution in [3.8, 4) is 0 Å². The molecule has 8 heteroatoms. The van der Waals surface area contributed by atoms with Crippen LogP contribution < -0.4 is 5.43 Å². The number of carbonyl (C=O) groups is 1. The summed E-state index contributed by atoms with van der Waals surface area (Å²) in [6.07, 6.45) is 2.14. The molecule has 1 aliphatic heterocycles. The van der Waals surface area contributed by atoms with Crippen LogP contribution in [-0.2, 0) is 16.0 Å². The van der Waals surface area contributed by atoms with Gasteiger partial charge in [-0.1, -0.05) is 11.6 Å². The summed E-state index contributed by atoms with van der Waals surface area (Å²) < 4.78 is 12.2. The minimum absolute atomic E-state index is 0.222. The maximum atomic E-state index is 12.0. The number of carboxylic acids is 1. The van der Waals surface area contributed by atoms with E-state index in [9.17, 15) is 9.59 Å². The summed E-state index contributed by atoms with van der Waals surface area (Å²) in [7, 11) is 3.51. The van der Waals surface area contributed by atoms with Gasteiger partial charge in [0.15, 0.2) is 5.43 Å². The molecular formula is C16H21ClN2O5. The second kappa shape index (κ2) is 8.32. The molecule has 7 nitrogen and oxygen atoms in total. The van der Waals surface area contributed by atoms with Gasteiger partial charge in [-0.25, -0.2) is 4.79 Å². The van der Waals surface area contributed by atoms with Crippen molar-refractivity contribution in [1.29, 1.82) is 0 Å². The summed E-state index contributed by atoms with van der Waals surface area (Å²) in [6, 6.07) is 1.32. The van der Waals surface area contributed by atoms with Crippen LogP contribution in [0.1, 0.15) is 22.5 Å². The van der Waals surface area contributed by atoms with Crippen molar-refractivity contribution in [1.82, 2.24) is 9.47 Å². The third-order valence-electron chi connectivity index (χ3n) is 3.78. The number of ether oxygens (including phenoxy) is 2. The van der Waals surface area contributed by atoms with Gasteiger partial charge in [0.1, 0.15) is 5.56 Å². The first-order chi connectivity index (χ1) is 11.5. The molecule has 0 bridgehead atoms. The van der Waals surface area contributed by atoms with E-state index in [-0.39, 0.29) is 12.2 Å². The molecular weight excluding hydrogens is 336 g/mol. The first kappa shape index (κ1) is 18.5. The van der Waals surface area contributed by atoms with E-state index in [0.717, 1.165) is 6.42 Å². The van der Waals surface area contributed by atoms with Crippen molar-refractivity contribution in [2.45, 2.75) is 13.0 Å². The van der Waals surface area contributed by atoms with Gasteiger partial charge in [0.05, 0.1) is 23.0 Å². The zero-order chi connectivity index (χ0) is 17.7. The highest BCUT2D eigenvalue weighted by Crippen LogP contribution is 2.27. The average molecular weight is 357 g/mol. The minimum atomic E-state index is -1.23. The summed E-state index contributed by atoms with van der Waals surface area (Å²) >= 11 is 6.40. The molecule has 132 valence electrons. The van der Waals surface area contributed by atoms with E-state index in [2.05, 4.69) is 0 Å². The fraction of sp³-hybridized carbons (Fsp3) is 0.500. The molecule has 1 aromatic rings. The van der Waals surface area contributed by atoms with Gasteiger partial charge in [-0.2, -0.15) is 0 Å². The zero-order valence-corrected chi connectivity index (χ0v) is 14.5. The highest BCUT2D eigenvalue weighted by molar-refractivity contribution is 6.32. The molecule has 0 spiro atoms. The van der Waals surface area contributed by atoms with Gasteiger partial charge in [0.25, 0.3) is 0 Å². The predicted molar refractivity (Wildman–Crippen MR) is 90.4 cm³/mol. The van der Waals surface area contributed by atoms with E-state index in [4.69, 9.17) is 26.2 Å². The number of hydrogen-bond donors (Lipinski definition) is 1. The normalized spacial score (nSPS) is 16.0. The maximum Gasteiger partial charge on any atom is 0.341 e. The molecule has 0 aliphatic carbocycles. The predicted octanol–water partition coefficient (Wildman–Crippen LogP) is 1.45. The Morgan fingerprint density at radius 2 is 2.12 bits per heavy atom. The fourth-order valence-electron chi connectivity index (χ4n) is 2.57. The Balaban J connectivity index is 2.28. The van der Waals surface area contributed by atoms with E-state index in [1.54, 1.807) is 11.7 Å². The Hall–Kier alpha value is -1.83. The number of aromatic nitrogens is 1. The van der Waals surface area contributed by atoms with E-state index in [1.165, 1.54) is 12.3 Å². The van der Waals surface area contributed by atoms with Crippen molar-refractivity contribution in [3.05, 3.63) is 38.8 Å². The molecule has 0 fully saturated rings. The molecule has 1 aromatic heterocycles. The molecule has 0 unspecified atom stereocenters. The molecule has 0 amide bonds. The zero-order valence-electron chi connectivity index (χ0n) is 13.7. The van der Waals surface area contributed by atoms with Gasteiger partial charge < -0.3 is 24.0 Å². The Morgan fingerprint density at radius 3 is 2.79 bits per heavy atom. The first-order valence-corrected chi connectivity index (χ1v) is 7.98. The van der Waals surface area contributed by atoms with Crippen LogP contribution in [0.5, 0.6) is 0 Å². The molecule has 0 saturated carbocycles. The second-order valence-corrected chi connectivity index (χ2v) is 5.97. The number of pyridine rings is 1. The molecule has 0 aromatic carbocycles. The van der Waals surface area contributed by atoms with E-state index < -0.39 is 11.4 Å². The van der Waals surface area contributed by atoms with Crippen LogP contribution in [0.15, 0.2) is 22.1 Å². The Bertz CT molecular complexity index is 698. The standard InChI is InChI=1S/C16H21ClN2O5/c1-18-4-5-19-9-11(16(21)22)14(20)8-13(19)15(18)12(17)10-24-7-3-6-23-2/h8-9H,3-7,10H2,1-2H3,(H,21,22)/b15-12+. The lowest BCUT2D eigenvalue weighted by atomic mass is 10.1. The molecule has 1 N–H and O–H groups in total. The van der Waals surface area contributed by atoms with Crippen LogP contribution in [0.3, 0.4) is 0 Å². The van der Waals surface area contributed by atoms with Crippen LogP contribution in [0.4, 0.5) is 0 Å². The van der Waals surface area contributed by atoms with Crippen molar-refractivity contribution in [2.75, 3.05) is 40.5 Å². The molecule has 2 heterocycles. The summed E-state index contributed by atoms with van der Waals surface area (Å²) in [6.45, 7) is 2.59. The number of rotatable bonds is 7. The highest BCUT2D eigenvalue weighted by Gasteiger charge is 2.23. The molecule has 0 saturated heterocycles. The second-order valence-electron chi connectivity index (χ2n) is 5.51. The summed E-state index contributed by atoms with van der Waals surface area (Å²) in [5, 5.41) is 9.57. The lowest BCUT2D eigenvalue weighted by Gasteiger charge is -2.32. The molecule has 0 radical (unpaired) electrons. The van der Waals surface area contributed by atoms with Gasteiger partial charge in [0, 0.05) is 52.7 Å². The van der Waals surface area contributed by atoms with Crippen LogP contribution >= 0.6 is 11.6 Å². The Kier molecular flexibility index (Phi) is 6.42. The first-order valence-electron chi connectivity index (χ1n) is 7.60. The highest BCUT2D eigenvalue weighted by atomic mass is 35.5. The van der Waals surface area contributed by atoms with Gasteiger partial charge in [-0.05, 0) is 6.42 Å². The summed E-state index contributed by atoms with van der Waals surface area (Å²) in [5.74, 6) is -1.23. The molecule has 1 aliphatic rings. The number of halogens is 1. The average Bonchev–Trinajstić information content (AvgIpc) is 2.53. The number of aromatic carboxylic acids is 1. The number of methoxy groups -OCH3 is 1. The quantitative estimate of drug-likeness (QED) is 0.745. The smallest absolute Gasteiger partial charge is 0.341 e. The summed E-state index contributed by atoms with van der Waals surface area (Å²) in [5.41, 5.74) is 0.509. The number of hydrogen-bond acceptors (Lipinski definition) is 5. The lowest BCUT2D eigenvalue weighted by Crippen LogP contribution is -2.33.